The fourth-order valence-corrected chi connectivity index (χ4v) is 4.38. The third kappa shape index (κ3) is 5.41. The summed E-state index contributed by atoms with van der Waals surface area (Å²) in [7, 11) is -3.32. The van der Waals surface area contributed by atoms with Crippen LogP contribution in [0.15, 0.2) is 54.6 Å². The number of amides is 1. The number of para-hydroxylation sites is 1. The third-order valence-electron chi connectivity index (χ3n) is 4.93. The van der Waals surface area contributed by atoms with Crippen LogP contribution in [0.4, 0.5) is 11.4 Å². The lowest BCUT2D eigenvalue weighted by molar-refractivity contribution is -0.133. The molecule has 1 aliphatic heterocycles. The predicted octanol–water partition coefficient (Wildman–Crippen LogP) is 2.20. The Bertz CT molecular complexity index is 909. The Morgan fingerprint density at radius 3 is 2.17 bits per heavy atom. The van der Waals surface area contributed by atoms with Crippen molar-refractivity contribution in [1.29, 1.82) is 0 Å². The van der Waals surface area contributed by atoms with E-state index in [1.54, 1.807) is 31.2 Å². The largest absolute Gasteiger partial charge is 0.484 e. The van der Waals surface area contributed by atoms with E-state index in [1.807, 2.05) is 23.1 Å². The fourth-order valence-electron chi connectivity index (χ4n) is 3.41. The number of ether oxygens (including phenoxy) is 1. The zero-order valence-electron chi connectivity index (χ0n) is 16.8. The summed E-state index contributed by atoms with van der Waals surface area (Å²) in [4.78, 5) is 16.5. The third-order valence-corrected chi connectivity index (χ3v) is 6.20. The molecule has 2 aromatic rings. The Morgan fingerprint density at radius 2 is 1.62 bits per heavy atom. The molecule has 0 bridgehead atoms. The van der Waals surface area contributed by atoms with Gasteiger partial charge in [0, 0.05) is 38.4 Å². The highest BCUT2D eigenvalue weighted by molar-refractivity contribution is 7.92. The van der Waals surface area contributed by atoms with Gasteiger partial charge in [-0.1, -0.05) is 18.2 Å². The molecule has 0 unspecified atom stereocenters. The van der Waals surface area contributed by atoms with E-state index in [2.05, 4.69) is 17.0 Å². The van der Waals surface area contributed by atoms with Crippen molar-refractivity contribution in [3.05, 3.63) is 54.6 Å². The van der Waals surface area contributed by atoms with Crippen molar-refractivity contribution >= 4 is 27.3 Å². The minimum absolute atomic E-state index is 0.0335. The Balaban J connectivity index is 1.50. The normalized spacial score (nSPS) is 14.6. The number of rotatable bonds is 7. The molecule has 7 nitrogen and oxygen atoms in total. The maximum absolute atomic E-state index is 12.5. The standard InChI is InChI=1S/C21H27N3O4S/c1-3-24(29(2,26)27)19-9-11-20(12-10-19)28-17-21(25)23-15-13-22(14-16-23)18-7-5-4-6-8-18/h4-12H,3,13-17H2,1-2H3. The molecule has 1 heterocycles. The van der Waals surface area contributed by atoms with Crippen LogP contribution < -0.4 is 13.9 Å². The zero-order chi connectivity index (χ0) is 20.9. The molecule has 1 fully saturated rings. The van der Waals surface area contributed by atoms with Crippen LogP contribution in [-0.4, -0.2) is 64.8 Å². The van der Waals surface area contributed by atoms with E-state index >= 15 is 0 Å². The summed E-state index contributed by atoms with van der Waals surface area (Å²) in [5, 5.41) is 0. The molecule has 1 aliphatic rings. The van der Waals surface area contributed by atoms with Crippen LogP contribution in [0.3, 0.4) is 0 Å². The van der Waals surface area contributed by atoms with Crippen LogP contribution in [0.1, 0.15) is 6.92 Å². The molecule has 1 saturated heterocycles. The van der Waals surface area contributed by atoms with Crippen molar-refractivity contribution in [3.63, 3.8) is 0 Å². The molecule has 0 spiro atoms. The summed E-state index contributed by atoms with van der Waals surface area (Å²) in [6, 6.07) is 16.9. The number of carbonyl (C=O) groups is 1. The SMILES string of the molecule is CCN(c1ccc(OCC(=O)N2CCN(c3ccccc3)CC2)cc1)S(C)(=O)=O. The minimum atomic E-state index is -3.32. The van der Waals surface area contributed by atoms with Gasteiger partial charge in [0.15, 0.2) is 6.61 Å². The molecule has 3 rings (SSSR count). The van der Waals surface area contributed by atoms with Crippen LogP contribution in [0, 0.1) is 0 Å². The molecule has 156 valence electrons. The Labute approximate surface area is 172 Å². The molecule has 29 heavy (non-hydrogen) atoms. The highest BCUT2D eigenvalue weighted by Crippen LogP contribution is 2.21. The number of sulfonamides is 1. The molecule has 1 amide bonds. The molecular weight excluding hydrogens is 390 g/mol. The number of benzene rings is 2. The number of anilines is 2. The summed E-state index contributed by atoms with van der Waals surface area (Å²) in [6.07, 6.45) is 1.18. The van der Waals surface area contributed by atoms with Gasteiger partial charge in [0.2, 0.25) is 10.0 Å². The van der Waals surface area contributed by atoms with E-state index in [0.29, 0.717) is 31.1 Å². The van der Waals surface area contributed by atoms with E-state index in [4.69, 9.17) is 4.74 Å². The Hall–Kier alpha value is -2.74. The highest BCUT2D eigenvalue weighted by Gasteiger charge is 2.21. The van der Waals surface area contributed by atoms with E-state index in [1.165, 1.54) is 16.2 Å². The minimum Gasteiger partial charge on any atom is -0.484 e. The van der Waals surface area contributed by atoms with Crippen molar-refractivity contribution in [2.24, 2.45) is 0 Å². The maximum Gasteiger partial charge on any atom is 0.260 e. The molecule has 2 aromatic carbocycles. The second kappa shape index (κ2) is 9.17. The molecule has 0 radical (unpaired) electrons. The van der Waals surface area contributed by atoms with Gasteiger partial charge in [-0.05, 0) is 43.3 Å². The Kier molecular flexibility index (Phi) is 6.64. The van der Waals surface area contributed by atoms with Gasteiger partial charge in [-0.2, -0.15) is 0 Å². The van der Waals surface area contributed by atoms with E-state index < -0.39 is 10.0 Å². The van der Waals surface area contributed by atoms with Gasteiger partial charge >= 0.3 is 0 Å². The first kappa shape index (κ1) is 21.0. The number of carbonyl (C=O) groups excluding carboxylic acids is 1. The molecule has 0 aromatic heterocycles. The lowest BCUT2D eigenvalue weighted by Gasteiger charge is -2.36. The first-order chi connectivity index (χ1) is 13.9. The van der Waals surface area contributed by atoms with Crippen molar-refractivity contribution in [2.45, 2.75) is 6.92 Å². The van der Waals surface area contributed by atoms with E-state index in [9.17, 15) is 13.2 Å². The first-order valence-electron chi connectivity index (χ1n) is 9.67. The highest BCUT2D eigenvalue weighted by atomic mass is 32.2. The molecule has 0 aliphatic carbocycles. The van der Waals surface area contributed by atoms with Crippen LogP contribution in [-0.2, 0) is 14.8 Å². The van der Waals surface area contributed by atoms with Gasteiger partial charge in [-0.15, -0.1) is 0 Å². The molecule has 0 saturated carbocycles. The molecule has 0 N–H and O–H groups in total. The second-order valence-electron chi connectivity index (χ2n) is 6.91. The summed E-state index contributed by atoms with van der Waals surface area (Å²) >= 11 is 0. The fraction of sp³-hybridized carbons (Fsp3) is 0.381. The average molecular weight is 418 g/mol. The van der Waals surface area contributed by atoms with Crippen molar-refractivity contribution in [3.8, 4) is 5.75 Å². The smallest absolute Gasteiger partial charge is 0.260 e. The first-order valence-corrected chi connectivity index (χ1v) is 11.5. The molecule has 8 heteroatoms. The average Bonchev–Trinajstić information content (AvgIpc) is 2.73. The molecular formula is C21H27N3O4S. The Morgan fingerprint density at radius 1 is 1.00 bits per heavy atom. The predicted molar refractivity (Wildman–Crippen MR) is 115 cm³/mol. The quantitative estimate of drug-likeness (QED) is 0.691. The summed E-state index contributed by atoms with van der Waals surface area (Å²) < 4.78 is 30.5. The number of hydrogen-bond donors (Lipinski definition) is 0. The number of nitrogens with zero attached hydrogens (tertiary/aromatic N) is 3. The topological polar surface area (TPSA) is 70.2 Å². The van der Waals surface area contributed by atoms with Crippen molar-refractivity contribution < 1.29 is 17.9 Å². The summed E-state index contributed by atoms with van der Waals surface area (Å²) in [6.45, 7) is 5.01. The van der Waals surface area contributed by atoms with Crippen molar-refractivity contribution in [1.82, 2.24) is 4.90 Å². The van der Waals surface area contributed by atoms with Crippen LogP contribution >= 0.6 is 0 Å². The summed E-state index contributed by atoms with van der Waals surface area (Å²) in [5.74, 6) is 0.489. The monoisotopic (exact) mass is 417 g/mol. The van der Waals surface area contributed by atoms with E-state index in [-0.39, 0.29) is 12.5 Å². The van der Waals surface area contributed by atoms with Gasteiger partial charge in [0.1, 0.15) is 5.75 Å². The van der Waals surface area contributed by atoms with Gasteiger partial charge in [-0.25, -0.2) is 8.42 Å². The van der Waals surface area contributed by atoms with Crippen molar-refractivity contribution in [2.75, 3.05) is 54.8 Å². The maximum atomic E-state index is 12.5. The van der Waals surface area contributed by atoms with Gasteiger partial charge in [0.25, 0.3) is 5.91 Å². The second-order valence-corrected chi connectivity index (χ2v) is 8.82. The number of hydrogen-bond acceptors (Lipinski definition) is 5. The lowest BCUT2D eigenvalue weighted by Crippen LogP contribution is -2.50. The van der Waals surface area contributed by atoms with Crippen LogP contribution in [0.25, 0.3) is 0 Å². The van der Waals surface area contributed by atoms with Crippen LogP contribution in [0.2, 0.25) is 0 Å². The van der Waals surface area contributed by atoms with Crippen LogP contribution in [0.5, 0.6) is 5.75 Å². The van der Waals surface area contributed by atoms with E-state index in [0.717, 1.165) is 13.1 Å². The number of piperazine rings is 1. The van der Waals surface area contributed by atoms with Gasteiger partial charge < -0.3 is 14.5 Å². The van der Waals surface area contributed by atoms with Gasteiger partial charge in [0.05, 0.1) is 11.9 Å². The summed E-state index contributed by atoms with van der Waals surface area (Å²) in [5.41, 5.74) is 1.75. The van der Waals surface area contributed by atoms with Gasteiger partial charge in [-0.3, -0.25) is 9.10 Å². The zero-order valence-corrected chi connectivity index (χ0v) is 17.6. The lowest BCUT2D eigenvalue weighted by atomic mass is 10.2. The molecule has 0 atom stereocenters.